The summed E-state index contributed by atoms with van der Waals surface area (Å²) in [6, 6.07) is 8.86. The second-order valence-corrected chi connectivity index (χ2v) is 8.91. The Morgan fingerprint density at radius 3 is 2.33 bits per heavy atom. The molecule has 1 aliphatic carbocycles. The molecule has 6 heteroatoms. The number of carbonyl (C=O) groups is 2. The fourth-order valence-electron chi connectivity index (χ4n) is 5.68. The third-order valence-corrected chi connectivity index (χ3v) is 7.42. The van der Waals surface area contributed by atoms with E-state index in [1.54, 1.807) is 0 Å². The number of piperidine rings is 1. The zero-order valence-electron chi connectivity index (χ0n) is 18.4. The van der Waals surface area contributed by atoms with Crippen LogP contribution in [0, 0.1) is 0 Å². The summed E-state index contributed by atoms with van der Waals surface area (Å²) in [6.07, 6.45) is 3.59. The molecule has 2 heterocycles. The lowest BCUT2D eigenvalue weighted by Gasteiger charge is -2.42. The van der Waals surface area contributed by atoms with E-state index < -0.39 is 0 Å². The van der Waals surface area contributed by atoms with Crippen LogP contribution in [0.25, 0.3) is 0 Å². The summed E-state index contributed by atoms with van der Waals surface area (Å²) in [5, 5.41) is 0. The molecule has 1 spiro atoms. The zero-order valence-corrected chi connectivity index (χ0v) is 18.4. The summed E-state index contributed by atoms with van der Waals surface area (Å²) < 4.78 is 5.39. The van der Waals surface area contributed by atoms with Gasteiger partial charge in [-0.15, -0.1) is 0 Å². The summed E-state index contributed by atoms with van der Waals surface area (Å²) in [7, 11) is 0. The maximum atomic E-state index is 12.9. The monoisotopic (exact) mass is 413 g/mol. The van der Waals surface area contributed by atoms with Crippen molar-refractivity contribution in [3.05, 3.63) is 35.4 Å². The first kappa shape index (κ1) is 21.2. The van der Waals surface area contributed by atoms with Crippen molar-refractivity contribution in [1.29, 1.82) is 0 Å². The molecule has 3 aliphatic rings. The van der Waals surface area contributed by atoms with Crippen LogP contribution < -0.4 is 0 Å². The molecule has 0 saturated carbocycles. The van der Waals surface area contributed by atoms with Crippen molar-refractivity contribution in [2.75, 3.05) is 52.5 Å². The number of carbonyl (C=O) groups excluding carboxylic acids is 2. The maximum Gasteiger partial charge on any atom is 0.320 e. The molecule has 2 fully saturated rings. The number of hydrogen-bond acceptors (Lipinski definition) is 3. The molecule has 30 heavy (non-hydrogen) atoms. The predicted molar refractivity (Wildman–Crippen MR) is 117 cm³/mol. The fraction of sp³-hybridized carbons (Fsp3) is 0.667. The molecule has 3 amide bonds. The number of morpholine rings is 1. The molecular formula is C24H35N3O3. The van der Waals surface area contributed by atoms with Gasteiger partial charge in [-0.1, -0.05) is 24.3 Å². The molecule has 0 radical (unpaired) electrons. The van der Waals surface area contributed by atoms with Crippen LogP contribution in [0.5, 0.6) is 0 Å². The van der Waals surface area contributed by atoms with Crippen LogP contribution in [-0.2, 0) is 14.9 Å². The average Bonchev–Trinajstić information content (AvgIpc) is 3.08. The molecule has 1 aromatic rings. The van der Waals surface area contributed by atoms with Crippen LogP contribution in [0.1, 0.15) is 56.6 Å². The average molecular weight is 414 g/mol. The van der Waals surface area contributed by atoms with E-state index in [9.17, 15) is 9.59 Å². The lowest BCUT2D eigenvalue weighted by atomic mass is 9.73. The van der Waals surface area contributed by atoms with Crippen molar-refractivity contribution < 1.29 is 14.3 Å². The van der Waals surface area contributed by atoms with Crippen LogP contribution in [-0.4, -0.2) is 79.1 Å². The lowest BCUT2D eigenvalue weighted by Crippen LogP contribution is -2.52. The Labute approximate surface area is 180 Å². The highest BCUT2D eigenvalue weighted by Gasteiger charge is 2.46. The van der Waals surface area contributed by atoms with E-state index in [0.29, 0.717) is 32.7 Å². The van der Waals surface area contributed by atoms with E-state index in [2.05, 4.69) is 24.3 Å². The lowest BCUT2D eigenvalue weighted by molar-refractivity contribution is -0.131. The Kier molecular flexibility index (Phi) is 6.32. The highest BCUT2D eigenvalue weighted by molar-refractivity contribution is 5.77. The van der Waals surface area contributed by atoms with Crippen molar-refractivity contribution in [1.82, 2.24) is 14.7 Å². The van der Waals surface area contributed by atoms with Gasteiger partial charge in [-0.3, -0.25) is 4.79 Å². The van der Waals surface area contributed by atoms with Gasteiger partial charge in [0.05, 0.1) is 13.2 Å². The fourth-order valence-corrected chi connectivity index (χ4v) is 5.68. The minimum absolute atomic E-state index is 0.104. The Morgan fingerprint density at radius 2 is 1.67 bits per heavy atom. The van der Waals surface area contributed by atoms with E-state index in [0.717, 1.165) is 45.4 Å². The molecule has 6 nitrogen and oxygen atoms in total. The molecule has 2 aliphatic heterocycles. The second kappa shape index (κ2) is 8.96. The van der Waals surface area contributed by atoms with Gasteiger partial charge < -0.3 is 19.4 Å². The van der Waals surface area contributed by atoms with Crippen molar-refractivity contribution in [3.8, 4) is 0 Å². The number of fused-ring (bicyclic) bond motifs is 2. The number of ether oxygens (including phenoxy) is 1. The molecule has 1 atom stereocenters. The summed E-state index contributed by atoms with van der Waals surface area (Å²) >= 11 is 0. The Balaban J connectivity index is 1.46. The van der Waals surface area contributed by atoms with Gasteiger partial charge in [0.1, 0.15) is 0 Å². The standard InChI is InChI=1S/C24H35N3O3/c1-3-25(4-2)22(28)17-19-18-24(21-8-6-5-7-20(19)21)9-11-26(12-10-24)23(29)27-13-15-30-16-14-27/h5-8,19H,3-4,9-18H2,1-2H3/t19-/m0/s1. The Hall–Kier alpha value is -2.08. The minimum Gasteiger partial charge on any atom is -0.378 e. The quantitative estimate of drug-likeness (QED) is 0.762. The number of amides is 3. The normalized spacial score (nSPS) is 22.8. The SMILES string of the molecule is CCN(CC)C(=O)C[C@H]1CC2(CCN(C(=O)N3CCOCC3)CC2)c2ccccc21. The van der Waals surface area contributed by atoms with E-state index in [-0.39, 0.29) is 23.3 Å². The summed E-state index contributed by atoms with van der Waals surface area (Å²) in [5.41, 5.74) is 2.87. The first-order chi connectivity index (χ1) is 14.6. The van der Waals surface area contributed by atoms with E-state index in [1.165, 1.54) is 11.1 Å². The van der Waals surface area contributed by atoms with Crippen LogP contribution in [0.3, 0.4) is 0 Å². The molecule has 0 N–H and O–H groups in total. The third kappa shape index (κ3) is 3.94. The number of benzene rings is 1. The topological polar surface area (TPSA) is 53.1 Å². The Morgan fingerprint density at radius 1 is 1.03 bits per heavy atom. The minimum atomic E-state index is 0.104. The number of hydrogen-bond donors (Lipinski definition) is 0. The largest absolute Gasteiger partial charge is 0.378 e. The Bertz CT molecular complexity index is 763. The van der Waals surface area contributed by atoms with Crippen molar-refractivity contribution in [2.24, 2.45) is 0 Å². The van der Waals surface area contributed by atoms with Crippen molar-refractivity contribution in [3.63, 3.8) is 0 Å². The summed E-state index contributed by atoms with van der Waals surface area (Å²) in [6.45, 7) is 9.89. The molecular weight excluding hydrogens is 378 g/mol. The van der Waals surface area contributed by atoms with Gasteiger partial charge in [0.2, 0.25) is 5.91 Å². The zero-order chi connectivity index (χ0) is 21.1. The van der Waals surface area contributed by atoms with Gasteiger partial charge in [0.25, 0.3) is 0 Å². The van der Waals surface area contributed by atoms with Crippen LogP contribution in [0.2, 0.25) is 0 Å². The maximum absolute atomic E-state index is 12.9. The third-order valence-electron chi connectivity index (χ3n) is 7.42. The van der Waals surface area contributed by atoms with Crippen LogP contribution in [0.4, 0.5) is 4.79 Å². The van der Waals surface area contributed by atoms with Crippen molar-refractivity contribution >= 4 is 11.9 Å². The number of urea groups is 1. The van der Waals surface area contributed by atoms with Gasteiger partial charge in [-0.2, -0.15) is 0 Å². The number of rotatable bonds is 4. The highest BCUT2D eigenvalue weighted by atomic mass is 16.5. The predicted octanol–water partition coefficient (Wildman–Crippen LogP) is 3.22. The van der Waals surface area contributed by atoms with Gasteiger partial charge in [-0.05, 0) is 55.6 Å². The van der Waals surface area contributed by atoms with Gasteiger partial charge in [0.15, 0.2) is 0 Å². The molecule has 2 saturated heterocycles. The molecule has 0 aromatic heterocycles. The van der Waals surface area contributed by atoms with Crippen molar-refractivity contribution in [2.45, 2.75) is 50.9 Å². The van der Waals surface area contributed by atoms with E-state index in [4.69, 9.17) is 4.74 Å². The van der Waals surface area contributed by atoms with Gasteiger partial charge in [-0.25, -0.2) is 4.79 Å². The first-order valence-corrected chi connectivity index (χ1v) is 11.6. The molecule has 0 unspecified atom stereocenters. The van der Waals surface area contributed by atoms with Gasteiger partial charge >= 0.3 is 6.03 Å². The van der Waals surface area contributed by atoms with E-state index in [1.807, 2.05) is 28.5 Å². The second-order valence-electron chi connectivity index (χ2n) is 8.91. The summed E-state index contributed by atoms with van der Waals surface area (Å²) in [5.74, 6) is 0.549. The molecule has 4 rings (SSSR count). The summed E-state index contributed by atoms with van der Waals surface area (Å²) in [4.78, 5) is 31.6. The number of nitrogens with zero attached hydrogens (tertiary/aromatic N) is 3. The van der Waals surface area contributed by atoms with Crippen LogP contribution in [0.15, 0.2) is 24.3 Å². The number of likely N-dealkylation sites (tertiary alicyclic amines) is 1. The van der Waals surface area contributed by atoms with Crippen LogP contribution >= 0.6 is 0 Å². The molecule has 1 aromatic carbocycles. The van der Waals surface area contributed by atoms with Gasteiger partial charge in [0, 0.05) is 45.7 Å². The highest BCUT2D eigenvalue weighted by Crippen LogP contribution is 2.52. The smallest absolute Gasteiger partial charge is 0.320 e. The van der Waals surface area contributed by atoms with E-state index >= 15 is 0 Å². The molecule has 164 valence electrons. The first-order valence-electron chi connectivity index (χ1n) is 11.6. The molecule has 0 bridgehead atoms.